The Balaban J connectivity index is 1.91. The average molecular weight is 327 g/mol. The lowest BCUT2D eigenvalue weighted by atomic mass is 9.93. The molecule has 1 aliphatic rings. The summed E-state index contributed by atoms with van der Waals surface area (Å²) in [6, 6.07) is 10.1. The number of hydrogen-bond donors (Lipinski definition) is 1. The monoisotopic (exact) mass is 327 g/mol. The average Bonchev–Trinajstić information content (AvgIpc) is 3.17. The Labute approximate surface area is 143 Å². The van der Waals surface area contributed by atoms with Crippen LogP contribution in [0.5, 0.6) is 0 Å². The highest BCUT2D eigenvalue weighted by molar-refractivity contribution is 5.79. The van der Waals surface area contributed by atoms with Crippen molar-refractivity contribution in [2.24, 2.45) is 5.92 Å². The van der Waals surface area contributed by atoms with Crippen molar-refractivity contribution in [1.29, 1.82) is 0 Å². The quantitative estimate of drug-likeness (QED) is 0.918. The molecule has 2 heterocycles. The van der Waals surface area contributed by atoms with Gasteiger partial charge in [-0.2, -0.15) is 5.10 Å². The lowest BCUT2D eigenvalue weighted by Crippen LogP contribution is -2.33. The third-order valence-electron chi connectivity index (χ3n) is 4.61. The molecule has 1 aliphatic heterocycles. The highest BCUT2D eigenvalue weighted by Crippen LogP contribution is 2.38. The molecular formula is C19H25N3O2. The maximum atomic E-state index is 12.5. The van der Waals surface area contributed by atoms with Crippen LogP contribution in [0.1, 0.15) is 42.8 Å². The number of para-hydroxylation sites is 1. The lowest BCUT2D eigenvalue weighted by Gasteiger charge is -2.19. The first-order chi connectivity index (χ1) is 11.6. The summed E-state index contributed by atoms with van der Waals surface area (Å²) in [6.45, 7) is 7.42. The van der Waals surface area contributed by atoms with Crippen LogP contribution in [0.2, 0.25) is 0 Å². The SMILES string of the molecule is CCCNC(=O)[C@H]1CCO[C@@H]1c1c(C)nn(-c2ccccc2)c1C. The Morgan fingerprint density at radius 3 is 2.79 bits per heavy atom. The Morgan fingerprint density at radius 1 is 1.33 bits per heavy atom. The van der Waals surface area contributed by atoms with E-state index in [9.17, 15) is 4.79 Å². The third kappa shape index (κ3) is 3.08. The first kappa shape index (κ1) is 16.7. The van der Waals surface area contributed by atoms with Gasteiger partial charge in [-0.3, -0.25) is 4.79 Å². The number of nitrogens with zero attached hydrogens (tertiary/aromatic N) is 2. The number of aryl methyl sites for hydroxylation is 1. The van der Waals surface area contributed by atoms with Gasteiger partial charge in [0.15, 0.2) is 0 Å². The Bertz CT molecular complexity index is 709. The number of benzene rings is 1. The minimum Gasteiger partial charge on any atom is -0.373 e. The molecule has 0 saturated carbocycles. The van der Waals surface area contributed by atoms with Gasteiger partial charge >= 0.3 is 0 Å². The van der Waals surface area contributed by atoms with Crippen LogP contribution in [-0.2, 0) is 9.53 Å². The lowest BCUT2D eigenvalue weighted by molar-refractivity contribution is -0.126. The normalized spacial score (nSPS) is 20.3. The molecule has 1 N–H and O–H groups in total. The Hall–Kier alpha value is -2.14. The van der Waals surface area contributed by atoms with Crippen LogP contribution in [0.3, 0.4) is 0 Å². The molecule has 1 aromatic heterocycles. The van der Waals surface area contributed by atoms with Crippen LogP contribution in [0.4, 0.5) is 0 Å². The smallest absolute Gasteiger partial charge is 0.226 e. The summed E-state index contributed by atoms with van der Waals surface area (Å²) >= 11 is 0. The van der Waals surface area contributed by atoms with Crippen molar-refractivity contribution in [2.45, 2.75) is 39.7 Å². The molecule has 1 saturated heterocycles. The highest BCUT2D eigenvalue weighted by atomic mass is 16.5. The predicted molar refractivity (Wildman–Crippen MR) is 93.1 cm³/mol. The van der Waals surface area contributed by atoms with Gasteiger partial charge in [-0.15, -0.1) is 0 Å². The number of amides is 1. The molecule has 0 bridgehead atoms. The highest BCUT2D eigenvalue weighted by Gasteiger charge is 2.38. The summed E-state index contributed by atoms with van der Waals surface area (Å²) in [6.07, 6.45) is 1.49. The first-order valence-corrected chi connectivity index (χ1v) is 8.64. The van der Waals surface area contributed by atoms with Crippen molar-refractivity contribution >= 4 is 5.91 Å². The van der Waals surface area contributed by atoms with E-state index in [1.165, 1.54) is 0 Å². The van der Waals surface area contributed by atoms with Gasteiger partial charge in [0.1, 0.15) is 0 Å². The van der Waals surface area contributed by atoms with E-state index in [-0.39, 0.29) is 17.9 Å². The van der Waals surface area contributed by atoms with E-state index in [2.05, 4.69) is 17.3 Å². The zero-order valence-electron chi connectivity index (χ0n) is 14.6. The van der Waals surface area contributed by atoms with Crippen LogP contribution in [0, 0.1) is 19.8 Å². The van der Waals surface area contributed by atoms with Gasteiger partial charge < -0.3 is 10.1 Å². The number of carbonyl (C=O) groups is 1. The fraction of sp³-hybridized carbons (Fsp3) is 0.474. The molecule has 24 heavy (non-hydrogen) atoms. The second-order valence-corrected chi connectivity index (χ2v) is 6.31. The van der Waals surface area contributed by atoms with Crippen LogP contribution < -0.4 is 5.32 Å². The summed E-state index contributed by atoms with van der Waals surface area (Å²) in [5.41, 5.74) is 4.04. The topological polar surface area (TPSA) is 56.1 Å². The van der Waals surface area contributed by atoms with Crippen LogP contribution in [0.15, 0.2) is 30.3 Å². The fourth-order valence-corrected chi connectivity index (χ4v) is 3.41. The molecule has 0 unspecified atom stereocenters. The molecule has 2 aromatic rings. The molecule has 1 amide bonds. The molecule has 0 spiro atoms. The van der Waals surface area contributed by atoms with E-state index in [4.69, 9.17) is 4.74 Å². The Morgan fingerprint density at radius 2 is 2.08 bits per heavy atom. The molecule has 5 heteroatoms. The van der Waals surface area contributed by atoms with Gasteiger partial charge in [-0.05, 0) is 38.8 Å². The van der Waals surface area contributed by atoms with E-state index in [1.54, 1.807) is 0 Å². The fourth-order valence-electron chi connectivity index (χ4n) is 3.41. The van der Waals surface area contributed by atoms with Crippen LogP contribution in [-0.4, -0.2) is 28.8 Å². The molecule has 2 atom stereocenters. The van der Waals surface area contributed by atoms with Gasteiger partial charge in [0.25, 0.3) is 0 Å². The molecule has 1 aromatic carbocycles. The number of ether oxygens (including phenoxy) is 1. The van der Waals surface area contributed by atoms with Crippen LogP contribution >= 0.6 is 0 Å². The minimum atomic E-state index is -0.209. The van der Waals surface area contributed by atoms with Crippen molar-refractivity contribution in [2.75, 3.05) is 13.2 Å². The van der Waals surface area contributed by atoms with E-state index in [0.717, 1.165) is 35.5 Å². The second-order valence-electron chi connectivity index (χ2n) is 6.31. The first-order valence-electron chi connectivity index (χ1n) is 8.64. The summed E-state index contributed by atoms with van der Waals surface area (Å²) in [4.78, 5) is 12.5. The van der Waals surface area contributed by atoms with Gasteiger partial charge in [0.05, 0.1) is 23.4 Å². The summed E-state index contributed by atoms with van der Waals surface area (Å²) < 4.78 is 7.89. The van der Waals surface area contributed by atoms with Crippen molar-refractivity contribution in [1.82, 2.24) is 15.1 Å². The zero-order valence-corrected chi connectivity index (χ0v) is 14.6. The third-order valence-corrected chi connectivity index (χ3v) is 4.61. The van der Waals surface area contributed by atoms with Gasteiger partial charge in [0, 0.05) is 24.4 Å². The molecule has 1 fully saturated rings. The van der Waals surface area contributed by atoms with Crippen molar-refractivity contribution in [3.63, 3.8) is 0 Å². The molecule has 0 aliphatic carbocycles. The molecule has 128 valence electrons. The predicted octanol–water partition coefficient (Wildman–Crippen LogP) is 3.09. The molecule has 0 radical (unpaired) electrons. The van der Waals surface area contributed by atoms with Crippen molar-refractivity contribution in [3.8, 4) is 5.69 Å². The standard InChI is InChI=1S/C19H25N3O2/c1-4-11-20-19(23)16-10-12-24-18(16)17-13(2)21-22(14(17)3)15-8-6-5-7-9-15/h5-9,16,18H,4,10-12H2,1-3H3,(H,20,23)/t16-,18-/m0/s1. The summed E-state index contributed by atoms with van der Waals surface area (Å²) in [7, 11) is 0. The van der Waals surface area contributed by atoms with E-state index in [1.807, 2.05) is 48.9 Å². The van der Waals surface area contributed by atoms with Gasteiger partial charge in [-0.1, -0.05) is 25.1 Å². The number of hydrogen-bond acceptors (Lipinski definition) is 3. The van der Waals surface area contributed by atoms with Crippen molar-refractivity contribution in [3.05, 3.63) is 47.3 Å². The largest absolute Gasteiger partial charge is 0.373 e. The van der Waals surface area contributed by atoms with E-state index in [0.29, 0.717) is 13.2 Å². The maximum Gasteiger partial charge on any atom is 0.226 e. The number of rotatable bonds is 5. The van der Waals surface area contributed by atoms with Gasteiger partial charge in [-0.25, -0.2) is 4.68 Å². The minimum absolute atomic E-state index is 0.0885. The maximum absolute atomic E-state index is 12.5. The number of carbonyl (C=O) groups excluding carboxylic acids is 1. The number of nitrogens with one attached hydrogen (secondary N) is 1. The Kier molecular flexibility index (Phi) is 5.00. The summed E-state index contributed by atoms with van der Waals surface area (Å²) in [5.74, 6) is -0.0482. The van der Waals surface area contributed by atoms with E-state index < -0.39 is 0 Å². The number of aromatic nitrogens is 2. The zero-order chi connectivity index (χ0) is 17.1. The summed E-state index contributed by atoms with van der Waals surface area (Å²) in [5, 5.41) is 7.69. The molecule has 5 nitrogen and oxygen atoms in total. The molecular weight excluding hydrogens is 302 g/mol. The molecule has 3 rings (SSSR count). The van der Waals surface area contributed by atoms with Gasteiger partial charge in [0.2, 0.25) is 5.91 Å². The van der Waals surface area contributed by atoms with E-state index >= 15 is 0 Å². The second kappa shape index (κ2) is 7.18. The van der Waals surface area contributed by atoms with Crippen molar-refractivity contribution < 1.29 is 9.53 Å². The van der Waals surface area contributed by atoms with Crippen LogP contribution in [0.25, 0.3) is 5.69 Å².